The maximum absolute atomic E-state index is 12.8. The zero-order valence-electron chi connectivity index (χ0n) is 15.5. The minimum absolute atomic E-state index is 0. The highest BCUT2D eigenvalue weighted by Gasteiger charge is 2.32. The summed E-state index contributed by atoms with van der Waals surface area (Å²) in [5.74, 6) is 0.351. The summed E-state index contributed by atoms with van der Waals surface area (Å²) in [5, 5.41) is 3.30. The summed E-state index contributed by atoms with van der Waals surface area (Å²) in [6, 6.07) is 10.4. The second-order valence-electron chi connectivity index (χ2n) is 7.23. The van der Waals surface area contributed by atoms with Crippen LogP contribution in [0.25, 0.3) is 0 Å². The summed E-state index contributed by atoms with van der Waals surface area (Å²) in [6.45, 7) is 3.02. The van der Waals surface area contributed by atoms with E-state index in [-0.39, 0.29) is 30.1 Å². The number of carbonyl (C=O) groups excluding carboxylic acids is 2. The Balaban J connectivity index is 0.00000243. The minimum Gasteiger partial charge on any atom is -0.342 e. The van der Waals surface area contributed by atoms with Crippen molar-refractivity contribution in [2.75, 3.05) is 33.2 Å². The molecule has 1 unspecified atom stereocenters. The number of likely N-dealkylation sites (tertiary alicyclic amines) is 2. The molecule has 0 aliphatic carbocycles. The predicted molar refractivity (Wildman–Crippen MR) is 105 cm³/mol. The average molecular weight is 380 g/mol. The summed E-state index contributed by atoms with van der Waals surface area (Å²) < 4.78 is 0. The fourth-order valence-electron chi connectivity index (χ4n) is 3.93. The molecular weight excluding hydrogens is 350 g/mol. The third-order valence-electron chi connectivity index (χ3n) is 5.54. The minimum atomic E-state index is -0.0281. The molecule has 1 atom stereocenters. The van der Waals surface area contributed by atoms with Crippen molar-refractivity contribution in [3.63, 3.8) is 0 Å². The van der Waals surface area contributed by atoms with Gasteiger partial charge in [-0.1, -0.05) is 30.3 Å². The molecule has 2 heterocycles. The zero-order chi connectivity index (χ0) is 17.6. The van der Waals surface area contributed by atoms with Gasteiger partial charge in [0.2, 0.25) is 11.8 Å². The van der Waals surface area contributed by atoms with Gasteiger partial charge < -0.3 is 15.1 Å². The van der Waals surface area contributed by atoms with Crippen LogP contribution in [0.5, 0.6) is 0 Å². The van der Waals surface area contributed by atoms with E-state index in [1.165, 1.54) is 0 Å². The smallest absolute Gasteiger partial charge is 0.227 e. The monoisotopic (exact) mass is 379 g/mol. The number of rotatable bonds is 4. The van der Waals surface area contributed by atoms with E-state index in [1.807, 2.05) is 47.2 Å². The molecule has 0 spiro atoms. The number of hydrogen-bond donors (Lipinski definition) is 1. The molecule has 2 aliphatic heterocycles. The van der Waals surface area contributed by atoms with Crippen molar-refractivity contribution in [1.29, 1.82) is 0 Å². The van der Waals surface area contributed by atoms with Crippen molar-refractivity contribution in [1.82, 2.24) is 15.1 Å². The standard InChI is InChI=1S/C20H29N3O2.ClH/c1-21-18-9-12-22(13-10-18)20(25)17-8-5-11-23(15-17)19(24)14-16-6-3-2-4-7-16;/h2-4,6-7,17-18,21H,5,8-15H2,1H3;1H. The van der Waals surface area contributed by atoms with Crippen LogP contribution in [0.15, 0.2) is 30.3 Å². The van der Waals surface area contributed by atoms with Crippen LogP contribution in [0, 0.1) is 5.92 Å². The van der Waals surface area contributed by atoms with Gasteiger partial charge in [-0.05, 0) is 38.3 Å². The first-order valence-electron chi connectivity index (χ1n) is 9.45. The van der Waals surface area contributed by atoms with Crippen LogP contribution in [-0.4, -0.2) is 60.9 Å². The van der Waals surface area contributed by atoms with E-state index in [4.69, 9.17) is 0 Å². The first-order chi connectivity index (χ1) is 12.2. The van der Waals surface area contributed by atoms with Crippen molar-refractivity contribution in [2.24, 2.45) is 5.92 Å². The molecule has 1 aromatic rings. The topological polar surface area (TPSA) is 52.7 Å². The van der Waals surface area contributed by atoms with Gasteiger partial charge in [-0.25, -0.2) is 0 Å². The van der Waals surface area contributed by atoms with Gasteiger partial charge in [-0.2, -0.15) is 0 Å². The lowest BCUT2D eigenvalue weighted by Crippen LogP contribution is -2.50. The molecule has 1 aromatic carbocycles. The molecule has 1 N–H and O–H groups in total. The molecule has 144 valence electrons. The molecule has 6 heteroatoms. The van der Waals surface area contributed by atoms with E-state index in [0.717, 1.165) is 50.9 Å². The SMILES string of the molecule is CNC1CCN(C(=O)C2CCCN(C(=O)Cc3ccccc3)C2)CC1.Cl. The average Bonchev–Trinajstić information content (AvgIpc) is 2.68. The number of amides is 2. The summed E-state index contributed by atoms with van der Waals surface area (Å²) in [5.41, 5.74) is 1.04. The quantitative estimate of drug-likeness (QED) is 0.871. The van der Waals surface area contributed by atoms with Crippen molar-refractivity contribution in [3.05, 3.63) is 35.9 Å². The van der Waals surface area contributed by atoms with Crippen LogP contribution in [0.3, 0.4) is 0 Å². The van der Waals surface area contributed by atoms with Crippen LogP contribution < -0.4 is 5.32 Å². The molecule has 2 aliphatic rings. The maximum Gasteiger partial charge on any atom is 0.227 e. The number of nitrogens with one attached hydrogen (secondary N) is 1. The Morgan fingerprint density at radius 2 is 1.73 bits per heavy atom. The number of halogens is 1. The number of piperidine rings is 2. The van der Waals surface area contributed by atoms with Gasteiger partial charge in [0.05, 0.1) is 12.3 Å². The third kappa shape index (κ3) is 5.21. The molecule has 2 amide bonds. The van der Waals surface area contributed by atoms with Gasteiger partial charge in [-0.3, -0.25) is 9.59 Å². The second kappa shape index (κ2) is 9.93. The molecule has 2 fully saturated rings. The molecule has 26 heavy (non-hydrogen) atoms. The number of benzene rings is 1. The van der Waals surface area contributed by atoms with Crippen LogP contribution in [-0.2, 0) is 16.0 Å². The number of carbonyl (C=O) groups is 2. The molecule has 0 radical (unpaired) electrons. The second-order valence-corrected chi connectivity index (χ2v) is 7.23. The lowest BCUT2D eigenvalue weighted by atomic mass is 9.94. The van der Waals surface area contributed by atoms with Crippen molar-refractivity contribution in [2.45, 2.75) is 38.1 Å². The molecule has 5 nitrogen and oxygen atoms in total. The van der Waals surface area contributed by atoms with Gasteiger partial charge in [0.1, 0.15) is 0 Å². The normalized spacial score (nSPS) is 21.2. The van der Waals surface area contributed by atoms with E-state index < -0.39 is 0 Å². The number of hydrogen-bond acceptors (Lipinski definition) is 3. The van der Waals surface area contributed by atoms with Crippen LogP contribution >= 0.6 is 12.4 Å². The first kappa shape index (κ1) is 20.7. The Kier molecular flexibility index (Phi) is 7.91. The van der Waals surface area contributed by atoms with Gasteiger partial charge in [0, 0.05) is 32.2 Å². The van der Waals surface area contributed by atoms with Gasteiger partial charge >= 0.3 is 0 Å². The fourth-order valence-corrected chi connectivity index (χ4v) is 3.93. The largest absolute Gasteiger partial charge is 0.342 e. The number of nitrogens with zero attached hydrogens (tertiary/aromatic N) is 2. The predicted octanol–water partition coefficient (Wildman–Crippen LogP) is 2.10. The van der Waals surface area contributed by atoms with E-state index in [9.17, 15) is 9.59 Å². The van der Waals surface area contributed by atoms with E-state index >= 15 is 0 Å². The van der Waals surface area contributed by atoms with Gasteiger partial charge in [0.15, 0.2) is 0 Å². The van der Waals surface area contributed by atoms with Crippen molar-refractivity contribution >= 4 is 24.2 Å². The lowest BCUT2D eigenvalue weighted by molar-refractivity contribution is -0.141. The Labute approximate surface area is 162 Å². The Bertz CT molecular complexity index is 588. The summed E-state index contributed by atoms with van der Waals surface area (Å²) >= 11 is 0. The highest BCUT2D eigenvalue weighted by Crippen LogP contribution is 2.22. The van der Waals surface area contributed by atoms with E-state index in [0.29, 0.717) is 19.0 Å². The highest BCUT2D eigenvalue weighted by atomic mass is 35.5. The summed E-state index contributed by atoms with van der Waals surface area (Å²) in [7, 11) is 1.99. The third-order valence-corrected chi connectivity index (χ3v) is 5.54. The highest BCUT2D eigenvalue weighted by molar-refractivity contribution is 5.85. The molecule has 3 rings (SSSR count). The van der Waals surface area contributed by atoms with Crippen molar-refractivity contribution in [3.8, 4) is 0 Å². The lowest BCUT2D eigenvalue weighted by Gasteiger charge is -2.38. The molecule has 2 saturated heterocycles. The van der Waals surface area contributed by atoms with Crippen LogP contribution in [0.1, 0.15) is 31.2 Å². The first-order valence-corrected chi connectivity index (χ1v) is 9.45. The van der Waals surface area contributed by atoms with Gasteiger partial charge in [0.25, 0.3) is 0 Å². The summed E-state index contributed by atoms with van der Waals surface area (Å²) in [4.78, 5) is 29.3. The molecule has 0 saturated carbocycles. The molecule has 0 aromatic heterocycles. The fraction of sp³-hybridized carbons (Fsp3) is 0.600. The maximum atomic E-state index is 12.8. The van der Waals surface area contributed by atoms with Crippen LogP contribution in [0.4, 0.5) is 0 Å². The Morgan fingerprint density at radius 1 is 1.04 bits per heavy atom. The van der Waals surface area contributed by atoms with Crippen LogP contribution in [0.2, 0.25) is 0 Å². The summed E-state index contributed by atoms with van der Waals surface area (Å²) in [6.07, 6.45) is 4.29. The zero-order valence-corrected chi connectivity index (χ0v) is 16.3. The van der Waals surface area contributed by atoms with Gasteiger partial charge in [-0.15, -0.1) is 12.4 Å². The molecule has 0 bridgehead atoms. The Hall–Kier alpha value is -1.59. The van der Waals surface area contributed by atoms with E-state index in [2.05, 4.69) is 5.32 Å². The van der Waals surface area contributed by atoms with Crippen molar-refractivity contribution < 1.29 is 9.59 Å². The molecular formula is C20H30ClN3O2. The Morgan fingerprint density at radius 3 is 2.38 bits per heavy atom. The van der Waals surface area contributed by atoms with E-state index in [1.54, 1.807) is 0 Å².